The fourth-order valence-corrected chi connectivity index (χ4v) is 3.05. The maximum Gasteiger partial charge on any atom is 0.251 e. The molecule has 2 aromatic carbocycles. The minimum atomic E-state index is -0.0774. The first-order valence-electron chi connectivity index (χ1n) is 8.82. The lowest BCUT2D eigenvalue weighted by atomic mass is 10.0. The van der Waals surface area contributed by atoms with Crippen LogP contribution in [0.25, 0.3) is 0 Å². The summed E-state index contributed by atoms with van der Waals surface area (Å²) in [6, 6.07) is 16.0. The second-order valence-corrected chi connectivity index (χ2v) is 6.04. The molecule has 2 aromatic rings. The number of ether oxygens (including phenoxy) is 1. The van der Waals surface area contributed by atoms with Crippen molar-refractivity contribution in [3.05, 3.63) is 65.2 Å². The van der Waals surface area contributed by atoms with Gasteiger partial charge < -0.3 is 10.1 Å². The van der Waals surface area contributed by atoms with Gasteiger partial charge in [-0.1, -0.05) is 50.2 Å². The van der Waals surface area contributed by atoms with Crippen molar-refractivity contribution < 1.29 is 9.53 Å². The van der Waals surface area contributed by atoms with Crippen molar-refractivity contribution in [2.45, 2.75) is 26.8 Å². The lowest BCUT2D eigenvalue weighted by molar-refractivity contribution is 0.0934. The molecule has 0 aromatic heterocycles. The van der Waals surface area contributed by atoms with Crippen LogP contribution in [0.2, 0.25) is 0 Å². The quantitative estimate of drug-likeness (QED) is 0.794. The predicted molar refractivity (Wildman–Crippen MR) is 102 cm³/mol. The van der Waals surface area contributed by atoms with Gasteiger partial charge in [0.2, 0.25) is 0 Å². The molecule has 0 aliphatic rings. The molecule has 0 spiro atoms. The van der Waals surface area contributed by atoms with Gasteiger partial charge in [-0.2, -0.15) is 0 Å². The fourth-order valence-electron chi connectivity index (χ4n) is 3.05. The van der Waals surface area contributed by atoms with E-state index in [-0.39, 0.29) is 11.9 Å². The number of aryl methyl sites for hydroxylation is 1. The molecule has 1 N–H and O–H groups in total. The van der Waals surface area contributed by atoms with Crippen LogP contribution < -0.4 is 10.1 Å². The molecule has 4 heteroatoms. The van der Waals surface area contributed by atoms with Crippen LogP contribution in [0, 0.1) is 6.92 Å². The summed E-state index contributed by atoms with van der Waals surface area (Å²) in [5.74, 6) is 0.655. The molecule has 0 fully saturated rings. The third kappa shape index (κ3) is 4.83. The molecule has 4 nitrogen and oxygen atoms in total. The number of benzene rings is 2. The number of hydrogen-bond donors (Lipinski definition) is 1. The summed E-state index contributed by atoms with van der Waals surface area (Å²) in [6.45, 7) is 8.69. The summed E-state index contributed by atoms with van der Waals surface area (Å²) in [6.07, 6.45) is 0. The van der Waals surface area contributed by atoms with Crippen molar-refractivity contribution in [1.29, 1.82) is 0 Å². The smallest absolute Gasteiger partial charge is 0.251 e. The number of amides is 1. The molecular weight excluding hydrogens is 312 g/mol. The van der Waals surface area contributed by atoms with Gasteiger partial charge in [0.15, 0.2) is 0 Å². The number of carbonyl (C=O) groups excluding carboxylic acids is 1. The van der Waals surface area contributed by atoms with Gasteiger partial charge in [0.25, 0.3) is 5.91 Å². The number of nitrogens with one attached hydrogen (secondary N) is 1. The van der Waals surface area contributed by atoms with Gasteiger partial charge in [0.1, 0.15) is 5.75 Å². The number of hydrogen-bond acceptors (Lipinski definition) is 3. The van der Waals surface area contributed by atoms with E-state index < -0.39 is 0 Å². The second kappa shape index (κ2) is 9.23. The summed E-state index contributed by atoms with van der Waals surface area (Å²) in [4.78, 5) is 14.9. The Morgan fingerprint density at radius 2 is 1.80 bits per heavy atom. The van der Waals surface area contributed by atoms with E-state index in [0.29, 0.717) is 12.1 Å². The molecule has 1 unspecified atom stereocenters. The van der Waals surface area contributed by atoms with Gasteiger partial charge in [-0.3, -0.25) is 9.69 Å². The van der Waals surface area contributed by atoms with Gasteiger partial charge in [0.05, 0.1) is 13.2 Å². The largest absolute Gasteiger partial charge is 0.496 e. The van der Waals surface area contributed by atoms with Crippen LogP contribution in [-0.4, -0.2) is 37.6 Å². The highest BCUT2D eigenvalue weighted by molar-refractivity contribution is 5.94. The zero-order valence-corrected chi connectivity index (χ0v) is 15.6. The Kier molecular flexibility index (Phi) is 7.02. The van der Waals surface area contributed by atoms with Crippen LogP contribution in [0.15, 0.2) is 48.5 Å². The van der Waals surface area contributed by atoms with E-state index in [4.69, 9.17) is 4.74 Å². The Balaban J connectivity index is 2.13. The first-order valence-corrected chi connectivity index (χ1v) is 8.82. The first kappa shape index (κ1) is 19.0. The fraction of sp³-hybridized carbons (Fsp3) is 0.381. The van der Waals surface area contributed by atoms with Crippen molar-refractivity contribution in [3.8, 4) is 5.75 Å². The van der Waals surface area contributed by atoms with Crippen molar-refractivity contribution in [3.63, 3.8) is 0 Å². The zero-order valence-electron chi connectivity index (χ0n) is 15.6. The molecule has 0 bridgehead atoms. The van der Waals surface area contributed by atoms with Crippen molar-refractivity contribution in [1.82, 2.24) is 10.2 Å². The minimum Gasteiger partial charge on any atom is -0.496 e. The van der Waals surface area contributed by atoms with E-state index >= 15 is 0 Å². The topological polar surface area (TPSA) is 41.6 Å². The highest BCUT2D eigenvalue weighted by Gasteiger charge is 2.19. The lowest BCUT2D eigenvalue weighted by Crippen LogP contribution is -2.38. The third-order valence-electron chi connectivity index (χ3n) is 4.56. The Morgan fingerprint density at radius 3 is 2.40 bits per heavy atom. The van der Waals surface area contributed by atoms with Gasteiger partial charge in [-0.25, -0.2) is 0 Å². The maximum atomic E-state index is 12.6. The standard InChI is InChI=1S/C21H28N2O2/c1-5-23(6-2)19(17-10-8-7-9-11-17)15-22-21(24)18-13-12-16(3)20(14-18)25-4/h7-14,19H,5-6,15H2,1-4H3,(H,22,24). The van der Waals surface area contributed by atoms with Crippen molar-refractivity contribution in [2.75, 3.05) is 26.7 Å². The van der Waals surface area contributed by atoms with Gasteiger partial charge in [-0.15, -0.1) is 0 Å². The summed E-state index contributed by atoms with van der Waals surface area (Å²) in [5, 5.41) is 3.08. The number of methoxy groups -OCH3 is 1. The molecule has 0 radical (unpaired) electrons. The van der Waals surface area contributed by atoms with E-state index in [1.54, 1.807) is 13.2 Å². The van der Waals surface area contributed by atoms with Crippen molar-refractivity contribution >= 4 is 5.91 Å². The van der Waals surface area contributed by atoms with E-state index in [9.17, 15) is 4.79 Å². The Labute approximate surface area is 150 Å². The molecular formula is C21H28N2O2. The average molecular weight is 340 g/mol. The number of rotatable bonds is 8. The van der Waals surface area contributed by atoms with Gasteiger partial charge >= 0.3 is 0 Å². The minimum absolute atomic E-state index is 0.0774. The highest BCUT2D eigenvalue weighted by atomic mass is 16.5. The molecule has 0 saturated carbocycles. The maximum absolute atomic E-state index is 12.6. The Hall–Kier alpha value is -2.33. The first-order chi connectivity index (χ1) is 12.1. The van der Waals surface area contributed by atoms with E-state index in [2.05, 4.69) is 36.2 Å². The van der Waals surface area contributed by atoms with Gasteiger partial charge in [-0.05, 0) is 43.3 Å². The summed E-state index contributed by atoms with van der Waals surface area (Å²) >= 11 is 0. The van der Waals surface area contributed by atoms with Crippen LogP contribution in [0.4, 0.5) is 0 Å². The molecule has 134 valence electrons. The average Bonchev–Trinajstić information content (AvgIpc) is 2.66. The summed E-state index contributed by atoms with van der Waals surface area (Å²) in [5.41, 5.74) is 2.85. The normalized spacial score (nSPS) is 12.0. The molecule has 25 heavy (non-hydrogen) atoms. The Morgan fingerprint density at radius 1 is 1.12 bits per heavy atom. The monoisotopic (exact) mass is 340 g/mol. The summed E-state index contributed by atoms with van der Waals surface area (Å²) in [7, 11) is 1.62. The van der Waals surface area contributed by atoms with Crippen LogP contribution in [-0.2, 0) is 0 Å². The lowest BCUT2D eigenvalue weighted by Gasteiger charge is -2.30. The molecule has 0 aliphatic carbocycles. The molecule has 0 heterocycles. The Bertz CT molecular complexity index is 682. The zero-order chi connectivity index (χ0) is 18.2. The van der Waals surface area contributed by atoms with E-state index in [1.807, 2.05) is 37.3 Å². The van der Waals surface area contributed by atoms with Crippen LogP contribution in [0.1, 0.15) is 41.4 Å². The second-order valence-electron chi connectivity index (χ2n) is 6.04. The third-order valence-corrected chi connectivity index (χ3v) is 4.56. The van der Waals surface area contributed by atoms with Gasteiger partial charge in [0, 0.05) is 12.1 Å². The number of nitrogens with zero attached hydrogens (tertiary/aromatic N) is 1. The van der Waals surface area contributed by atoms with Crippen LogP contribution in [0.3, 0.4) is 0 Å². The molecule has 2 rings (SSSR count). The molecule has 0 saturated heterocycles. The highest BCUT2D eigenvalue weighted by Crippen LogP contribution is 2.21. The van der Waals surface area contributed by atoms with Crippen LogP contribution >= 0.6 is 0 Å². The number of likely N-dealkylation sites (N-methyl/N-ethyl adjacent to an activating group) is 1. The van der Waals surface area contributed by atoms with Crippen LogP contribution in [0.5, 0.6) is 5.75 Å². The SMILES string of the molecule is CCN(CC)C(CNC(=O)c1ccc(C)c(OC)c1)c1ccccc1. The number of carbonyl (C=O) groups is 1. The molecule has 0 aliphatic heterocycles. The summed E-state index contributed by atoms with van der Waals surface area (Å²) < 4.78 is 5.32. The predicted octanol–water partition coefficient (Wildman–Crippen LogP) is 3.82. The molecule has 1 atom stereocenters. The van der Waals surface area contributed by atoms with E-state index in [0.717, 1.165) is 24.4 Å². The van der Waals surface area contributed by atoms with E-state index in [1.165, 1.54) is 5.56 Å². The van der Waals surface area contributed by atoms with Crippen molar-refractivity contribution in [2.24, 2.45) is 0 Å². The molecule has 1 amide bonds.